The number of aromatic amines is 1. The third-order valence-corrected chi connectivity index (χ3v) is 3.23. The first-order valence-electron chi connectivity index (χ1n) is 7.34. The highest BCUT2D eigenvalue weighted by molar-refractivity contribution is 5.99. The van der Waals surface area contributed by atoms with Crippen LogP contribution in [0.1, 0.15) is 37.0 Å². The number of aliphatic carboxylic acids is 1. The summed E-state index contributed by atoms with van der Waals surface area (Å²) in [6, 6.07) is 2.41. The van der Waals surface area contributed by atoms with E-state index in [1.165, 1.54) is 6.08 Å². The third-order valence-electron chi connectivity index (χ3n) is 3.23. The van der Waals surface area contributed by atoms with E-state index in [0.717, 1.165) is 16.6 Å². The third kappa shape index (κ3) is 4.42. The van der Waals surface area contributed by atoms with Crippen LogP contribution in [0.5, 0.6) is 0 Å². The maximum Gasteiger partial charge on any atom is 0.330 e. The monoisotopic (exact) mass is 315 g/mol. The van der Waals surface area contributed by atoms with Crippen LogP contribution in [0.15, 0.2) is 30.5 Å². The number of amides is 1. The van der Waals surface area contributed by atoms with Crippen molar-refractivity contribution in [1.82, 2.24) is 15.3 Å². The van der Waals surface area contributed by atoms with Crippen LogP contribution < -0.4 is 5.32 Å². The lowest BCUT2D eigenvalue weighted by Crippen LogP contribution is -2.39. The van der Waals surface area contributed by atoms with Gasteiger partial charge in [0, 0.05) is 22.8 Å². The van der Waals surface area contributed by atoms with Gasteiger partial charge in [0.2, 0.25) is 0 Å². The number of aryl methyl sites for hydroxylation is 1. The molecule has 0 aliphatic rings. The number of carbonyl (C=O) groups excluding carboxylic acids is 1. The van der Waals surface area contributed by atoms with E-state index in [4.69, 9.17) is 0 Å². The second-order valence-electron chi connectivity index (χ2n) is 6.61. The molecule has 23 heavy (non-hydrogen) atoms. The van der Waals surface area contributed by atoms with Gasteiger partial charge in [0.25, 0.3) is 5.91 Å². The summed E-state index contributed by atoms with van der Waals surface area (Å²) in [6.45, 7) is 7.73. The topological polar surface area (TPSA) is 95.1 Å². The summed E-state index contributed by atoms with van der Waals surface area (Å²) in [5, 5.41) is 12.6. The van der Waals surface area contributed by atoms with Gasteiger partial charge in [-0.3, -0.25) is 9.78 Å². The van der Waals surface area contributed by atoms with Crippen molar-refractivity contribution in [3.05, 3.63) is 41.9 Å². The Kier molecular flexibility index (Phi) is 4.54. The van der Waals surface area contributed by atoms with E-state index < -0.39 is 17.9 Å². The summed E-state index contributed by atoms with van der Waals surface area (Å²) in [7, 11) is 0. The quantitative estimate of drug-likeness (QED) is 0.756. The van der Waals surface area contributed by atoms with Gasteiger partial charge in [0.1, 0.15) is 11.7 Å². The van der Waals surface area contributed by atoms with Crippen molar-refractivity contribution >= 4 is 22.8 Å². The molecule has 0 aromatic carbocycles. The minimum atomic E-state index is -1.10. The SMILES string of the molecule is Cc1cc2[nH]c(C(=O)NC(C=CC(C)(C)C)C(=O)O)cc2cn1. The molecule has 2 rings (SSSR count). The van der Waals surface area contributed by atoms with Crippen LogP contribution in [0.2, 0.25) is 0 Å². The summed E-state index contributed by atoms with van der Waals surface area (Å²) >= 11 is 0. The zero-order valence-corrected chi connectivity index (χ0v) is 13.7. The van der Waals surface area contributed by atoms with Gasteiger partial charge in [-0.25, -0.2) is 4.79 Å². The van der Waals surface area contributed by atoms with Crippen molar-refractivity contribution in [2.45, 2.75) is 33.7 Å². The zero-order chi connectivity index (χ0) is 17.2. The van der Waals surface area contributed by atoms with E-state index >= 15 is 0 Å². The second kappa shape index (κ2) is 6.24. The largest absolute Gasteiger partial charge is 0.479 e. The molecule has 0 fully saturated rings. The van der Waals surface area contributed by atoms with Gasteiger partial charge in [-0.15, -0.1) is 0 Å². The average Bonchev–Trinajstić information content (AvgIpc) is 2.84. The van der Waals surface area contributed by atoms with Crippen LogP contribution in [0.25, 0.3) is 10.9 Å². The van der Waals surface area contributed by atoms with E-state index in [9.17, 15) is 14.7 Å². The van der Waals surface area contributed by atoms with E-state index in [1.54, 1.807) is 18.3 Å². The maximum atomic E-state index is 12.3. The first-order chi connectivity index (χ1) is 10.7. The number of hydrogen-bond donors (Lipinski definition) is 3. The van der Waals surface area contributed by atoms with Crippen molar-refractivity contribution < 1.29 is 14.7 Å². The van der Waals surface area contributed by atoms with Gasteiger partial charge in [-0.1, -0.05) is 32.9 Å². The molecule has 0 saturated carbocycles. The summed E-state index contributed by atoms with van der Waals surface area (Å²) in [6.07, 6.45) is 4.94. The fourth-order valence-electron chi connectivity index (χ4n) is 2.05. The number of H-pyrrole nitrogens is 1. The van der Waals surface area contributed by atoms with Gasteiger partial charge in [-0.2, -0.15) is 0 Å². The number of allylic oxidation sites excluding steroid dienone is 1. The molecule has 0 aliphatic carbocycles. The number of carboxylic acids is 1. The first kappa shape index (κ1) is 16.7. The lowest BCUT2D eigenvalue weighted by atomic mass is 9.95. The average molecular weight is 315 g/mol. The Morgan fingerprint density at radius 3 is 2.65 bits per heavy atom. The Hall–Kier alpha value is -2.63. The number of carbonyl (C=O) groups is 2. The van der Waals surface area contributed by atoms with Crippen molar-refractivity contribution in [2.75, 3.05) is 0 Å². The molecule has 1 atom stereocenters. The lowest BCUT2D eigenvalue weighted by Gasteiger charge is -2.14. The summed E-state index contributed by atoms with van der Waals surface area (Å²) < 4.78 is 0. The Labute approximate surface area is 134 Å². The molecule has 2 heterocycles. The number of fused-ring (bicyclic) bond motifs is 1. The van der Waals surface area contributed by atoms with Crippen LogP contribution in [0.4, 0.5) is 0 Å². The summed E-state index contributed by atoms with van der Waals surface area (Å²) in [5.74, 6) is -1.57. The highest BCUT2D eigenvalue weighted by Crippen LogP contribution is 2.16. The van der Waals surface area contributed by atoms with Gasteiger partial charge >= 0.3 is 5.97 Å². The van der Waals surface area contributed by atoms with E-state index in [-0.39, 0.29) is 5.41 Å². The normalized spacial score (nSPS) is 13.4. The number of nitrogens with one attached hydrogen (secondary N) is 2. The van der Waals surface area contributed by atoms with Gasteiger partial charge in [0.15, 0.2) is 0 Å². The van der Waals surface area contributed by atoms with Crippen LogP contribution >= 0.6 is 0 Å². The zero-order valence-electron chi connectivity index (χ0n) is 13.7. The number of rotatable bonds is 4. The Bertz CT molecular complexity index is 769. The van der Waals surface area contributed by atoms with Crippen molar-refractivity contribution in [3.8, 4) is 0 Å². The van der Waals surface area contributed by atoms with Gasteiger partial charge < -0.3 is 15.4 Å². The number of aromatic nitrogens is 2. The summed E-state index contributed by atoms with van der Waals surface area (Å²) in [4.78, 5) is 30.7. The Balaban J connectivity index is 2.20. The standard InChI is InChI=1S/C17H21N3O3/c1-10-7-13-11(9-18-10)8-14(19-13)15(21)20-12(16(22)23)5-6-17(2,3)4/h5-9,12,19H,1-4H3,(H,20,21)(H,22,23). The molecule has 2 aromatic heterocycles. The molecule has 0 bridgehead atoms. The number of pyridine rings is 1. The van der Waals surface area contributed by atoms with Gasteiger partial charge in [-0.05, 0) is 24.5 Å². The highest BCUT2D eigenvalue weighted by atomic mass is 16.4. The maximum absolute atomic E-state index is 12.3. The molecule has 0 saturated heterocycles. The smallest absolute Gasteiger partial charge is 0.330 e. The highest BCUT2D eigenvalue weighted by Gasteiger charge is 2.20. The Morgan fingerprint density at radius 1 is 1.35 bits per heavy atom. The molecule has 0 aliphatic heterocycles. The summed E-state index contributed by atoms with van der Waals surface area (Å²) in [5.41, 5.74) is 1.77. The molecule has 0 radical (unpaired) electrons. The fourth-order valence-corrected chi connectivity index (χ4v) is 2.05. The minimum absolute atomic E-state index is 0.164. The number of nitrogens with zero attached hydrogens (tertiary/aromatic N) is 1. The van der Waals surface area contributed by atoms with E-state index in [1.807, 2.05) is 33.8 Å². The van der Waals surface area contributed by atoms with Crippen molar-refractivity contribution in [2.24, 2.45) is 5.41 Å². The second-order valence-corrected chi connectivity index (χ2v) is 6.61. The first-order valence-corrected chi connectivity index (χ1v) is 7.34. The lowest BCUT2D eigenvalue weighted by molar-refractivity contribution is -0.137. The number of hydrogen-bond acceptors (Lipinski definition) is 3. The van der Waals surface area contributed by atoms with Crippen LogP contribution in [0, 0.1) is 12.3 Å². The minimum Gasteiger partial charge on any atom is -0.479 e. The molecule has 122 valence electrons. The Morgan fingerprint density at radius 2 is 2.04 bits per heavy atom. The van der Waals surface area contributed by atoms with Crippen molar-refractivity contribution in [1.29, 1.82) is 0 Å². The predicted octanol–water partition coefficient (Wildman–Crippen LogP) is 2.66. The predicted molar refractivity (Wildman–Crippen MR) is 88.3 cm³/mol. The van der Waals surface area contributed by atoms with Crippen LogP contribution in [-0.4, -0.2) is 33.0 Å². The molecule has 1 amide bonds. The van der Waals surface area contributed by atoms with E-state index in [2.05, 4.69) is 15.3 Å². The molecular formula is C17H21N3O3. The molecule has 3 N–H and O–H groups in total. The molecule has 6 heteroatoms. The number of carboxylic acid groups (broad SMARTS) is 1. The fraction of sp³-hybridized carbons (Fsp3) is 0.353. The van der Waals surface area contributed by atoms with Crippen molar-refractivity contribution in [3.63, 3.8) is 0 Å². The molecule has 6 nitrogen and oxygen atoms in total. The van der Waals surface area contributed by atoms with Crippen LogP contribution in [0.3, 0.4) is 0 Å². The van der Waals surface area contributed by atoms with Crippen LogP contribution in [-0.2, 0) is 4.79 Å². The van der Waals surface area contributed by atoms with Gasteiger partial charge in [0.05, 0.1) is 0 Å². The molecule has 0 spiro atoms. The molecule has 1 unspecified atom stereocenters. The molecule has 2 aromatic rings. The molecular weight excluding hydrogens is 294 g/mol. The van der Waals surface area contributed by atoms with E-state index in [0.29, 0.717) is 5.69 Å².